The number of carbonyl (C=O) groups excluding carboxylic acids is 1. The third-order valence-corrected chi connectivity index (χ3v) is 4.33. The van der Waals surface area contributed by atoms with Gasteiger partial charge in [0, 0.05) is 16.6 Å². The Bertz CT molecular complexity index is 627. The number of nitrogens with two attached hydrogens (primary N) is 1. The lowest BCUT2D eigenvalue weighted by atomic mass is 10.1. The van der Waals surface area contributed by atoms with E-state index in [1.807, 2.05) is 6.92 Å². The molecule has 1 aliphatic rings. The smallest absolute Gasteiger partial charge is 0.251 e. The third-order valence-electron chi connectivity index (χ3n) is 3.22. The van der Waals surface area contributed by atoms with Crippen LogP contribution in [0.15, 0.2) is 23.1 Å². The molecule has 5 nitrogen and oxygen atoms in total. The summed E-state index contributed by atoms with van der Waals surface area (Å²) in [6.07, 6.45) is 3.37. The molecule has 0 aliphatic heterocycles. The first-order valence-corrected chi connectivity index (χ1v) is 8.32. The molecule has 0 heterocycles. The minimum Gasteiger partial charge on any atom is -0.350 e. The van der Waals surface area contributed by atoms with Gasteiger partial charge in [0.15, 0.2) is 0 Å². The van der Waals surface area contributed by atoms with Crippen LogP contribution in [0.3, 0.4) is 0 Å². The first-order valence-electron chi connectivity index (χ1n) is 6.40. The van der Waals surface area contributed by atoms with Crippen molar-refractivity contribution in [1.82, 2.24) is 5.32 Å². The first kappa shape index (κ1) is 15.3. The van der Waals surface area contributed by atoms with Gasteiger partial charge in [0.05, 0.1) is 4.90 Å². The Kier molecular flexibility index (Phi) is 4.36. The molecule has 110 valence electrons. The van der Waals surface area contributed by atoms with Crippen LogP contribution in [0.25, 0.3) is 0 Å². The predicted molar refractivity (Wildman–Crippen MR) is 77.1 cm³/mol. The van der Waals surface area contributed by atoms with Crippen molar-refractivity contribution >= 4 is 27.5 Å². The van der Waals surface area contributed by atoms with Gasteiger partial charge < -0.3 is 5.32 Å². The van der Waals surface area contributed by atoms with Crippen molar-refractivity contribution in [2.45, 2.75) is 37.1 Å². The number of sulfonamides is 1. The van der Waals surface area contributed by atoms with E-state index in [9.17, 15) is 13.2 Å². The van der Waals surface area contributed by atoms with Crippen molar-refractivity contribution in [3.63, 3.8) is 0 Å². The van der Waals surface area contributed by atoms with E-state index >= 15 is 0 Å². The van der Waals surface area contributed by atoms with Crippen LogP contribution in [0.2, 0.25) is 5.02 Å². The lowest BCUT2D eigenvalue weighted by Crippen LogP contribution is -2.33. The first-order chi connectivity index (χ1) is 9.25. The Morgan fingerprint density at radius 1 is 1.45 bits per heavy atom. The summed E-state index contributed by atoms with van der Waals surface area (Å²) in [6.45, 7) is 1.93. The fourth-order valence-corrected chi connectivity index (χ4v) is 2.96. The molecule has 0 spiro atoms. The van der Waals surface area contributed by atoms with Crippen molar-refractivity contribution in [1.29, 1.82) is 0 Å². The van der Waals surface area contributed by atoms with Gasteiger partial charge in [-0.1, -0.05) is 24.4 Å². The normalized spacial score (nSPS) is 16.8. The van der Waals surface area contributed by atoms with Gasteiger partial charge in [-0.05, 0) is 37.5 Å². The topological polar surface area (TPSA) is 89.3 Å². The molecule has 1 aromatic rings. The third kappa shape index (κ3) is 4.19. The molecule has 0 aromatic heterocycles. The van der Waals surface area contributed by atoms with E-state index in [1.165, 1.54) is 31.0 Å². The van der Waals surface area contributed by atoms with Gasteiger partial charge in [-0.3, -0.25) is 4.79 Å². The van der Waals surface area contributed by atoms with Crippen LogP contribution in [0.1, 0.15) is 36.5 Å². The Hall–Kier alpha value is -1.11. The Morgan fingerprint density at radius 2 is 2.10 bits per heavy atom. The molecule has 2 rings (SSSR count). The highest BCUT2D eigenvalue weighted by molar-refractivity contribution is 7.89. The van der Waals surface area contributed by atoms with Gasteiger partial charge in [0.2, 0.25) is 10.0 Å². The second-order valence-electron chi connectivity index (χ2n) is 5.27. The summed E-state index contributed by atoms with van der Waals surface area (Å²) in [5.41, 5.74) is 0.198. The zero-order valence-corrected chi connectivity index (χ0v) is 12.7. The predicted octanol–water partition coefficient (Wildman–Crippen LogP) is 1.91. The van der Waals surface area contributed by atoms with Crippen molar-refractivity contribution < 1.29 is 13.2 Å². The Labute approximate surface area is 123 Å². The van der Waals surface area contributed by atoms with Gasteiger partial charge in [-0.15, -0.1) is 0 Å². The standard InChI is InChI=1S/C13H17ClN2O3S/c1-8(4-9-2-3-9)16-13(17)10-5-11(14)7-12(6-10)20(15,18)19/h5-9H,2-4H2,1H3,(H,16,17)(H2,15,18,19). The van der Waals surface area contributed by atoms with E-state index in [0.29, 0.717) is 5.92 Å². The Morgan fingerprint density at radius 3 is 2.65 bits per heavy atom. The number of benzene rings is 1. The molecule has 0 saturated heterocycles. The molecule has 1 aliphatic carbocycles. The largest absolute Gasteiger partial charge is 0.350 e. The van der Waals surface area contributed by atoms with Crippen LogP contribution in [-0.4, -0.2) is 20.4 Å². The minimum absolute atomic E-state index is 0.0481. The Balaban J connectivity index is 2.14. The summed E-state index contributed by atoms with van der Waals surface area (Å²) in [4.78, 5) is 11.9. The van der Waals surface area contributed by atoms with Crippen LogP contribution in [0.4, 0.5) is 0 Å². The van der Waals surface area contributed by atoms with E-state index in [0.717, 1.165) is 6.42 Å². The molecule has 1 unspecified atom stereocenters. The quantitative estimate of drug-likeness (QED) is 0.869. The summed E-state index contributed by atoms with van der Waals surface area (Å²) in [5.74, 6) is 0.357. The van der Waals surface area contributed by atoms with E-state index in [2.05, 4.69) is 5.32 Å². The minimum atomic E-state index is -3.88. The van der Waals surface area contributed by atoms with Crippen molar-refractivity contribution in [2.75, 3.05) is 0 Å². The fraction of sp³-hybridized carbons (Fsp3) is 0.462. The van der Waals surface area contributed by atoms with Crippen molar-refractivity contribution in [3.05, 3.63) is 28.8 Å². The maximum atomic E-state index is 12.1. The van der Waals surface area contributed by atoms with Crippen LogP contribution in [0.5, 0.6) is 0 Å². The lowest BCUT2D eigenvalue weighted by Gasteiger charge is -2.14. The van der Waals surface area contributed by atoms with Gasteiger partial charge in [-0.25, -0.2) is 13.6 Å². The van der Waals surface area contributed by atoms with Gasteiger partial charge >= 0.3 is 0 Å². The lowest BCUT2D eigenvalue weighted by molar-refractivity contribution is 0.0937. The number of amides is 1. The van der Waals surface area contributed by atoms with Crippen LogP contribution in [0, 0.1) is 5.92 Å². The van der Waals surface area contributed by atoms with E-state index in [4.69, 9.17) is 16.7 Å². The maximum Gasteiger partial charge on any atom is 0.251 e. The average molecular weight is 317 g/mol. The zero-order chi connectivity index (χ0) is 14.9. The number of nitrogens with one attached hydrogen (secondary N) is 1. The molecule has 1 atom stereocenters. The number of hydrogen-bond acceptors (Lipinski definition) is 3. The molecule has 1 amide bonds. The number of rotatable bonds is 5. The molecule has 0 bridgehead atoms. The summed E-state index contributed by atoms with van der Waals surface area (Å²) in [7, 11) is -3.88. The number of hydrogen-bond donors (Lipinski definition) is 2. The summed E-state index contributed by atoms with van der Waals surface area (Å²) in [6, 6.07) is 3.93. The molecule has 3 N–H and O–H groups in total. The van der Waals surface area contributed by atoms with E-state index < -0.39 is 10.0 Å². The fourth-order valence-electron chi connectivity index (χ4n) is 2.08. The van der Waals surface area contributed by atoms with Crippen LogP contribution >= 0.6 is 11.6 Å². The molecule has 7 heteroatoms. The highest BCUT2D eigenvalue weighted by atomic mass is 35.5. The molecular formula is C13H17ClN2O3S. The highest BCUT2D eigenvalue weighted by Crippen LogP contribution is 2.33. The van der Waals surface area contributed by atoms with E-state index in [-0.39, 0.29) is 27.4 Å². The van der Waals surface area contributed by atoms with Crippen LogP contribution < -0.4 is 10.5 Å². The zero-order valence-electron chi connectivity index (χ0n) is 11.1. The van der Waals surface area contributed by atoms with Gasteiger partial charge in [-0.2, -0.15) is 0 Å². The summed E-state index contributed by atoms with van der Waals surface area (Å²) in [5, 5.41) is 8.06. The van der Waals surface area contributed by atoms with Crippen LogP contribution in [-0.2, 0) is 10.0 Å². The second-order valence-corrected chi connectivity index (χ2v) is 7.27. The molecular weight excluding hydrogens is 300 g/mol. The maximum absolute atomic E-state index is 12.1. The SMILES string of the molecule is CC(CC1CC1)NC(=O)c1cc(Cl)cc(S(N)(=O)=O)c1. The van der Waals surface area contributed by atoms with E-state index in [1.54, 1.807) is 0 Å². The number of halogens is 1. The molecule has 1 fully saturated rings. The second kappa shape index (κ2) is 5.71. The number of primary sulfonamides is 1. The molecule has 1 aromatic carbocycles. The van der Waals surface area contributed by atoms with Gasteiger partial charge in [0.25, 0.3) is 5.91 Å². The summed E-state index contributed by atoms with van der Waals surface area (Å²) >= 11 is 5.83. The summed E-state index contributed by atoms with van der Waals surface area (Å²) < 4.78 is 22.6. The van der Waals surface area contributed by atoms with Crippen molar-refractivity contribution in [2.24, 2.45) is 11.1 Å². The molecule has 0 radical (unpaired) electrons. The highest BCUT2D eigenvalue weighted by Gasteiger charge is 2.24. The molecule has 1 saturated carbocycles. The number of carbonyl (C=O) groups is 1. The monoisotopic (exact) mass is 316 g/mol. The van der Waals surface area contributed by atoms with Crippen molar-refractivity contribution in [3.8, 4) is 0 Å². The average Bonchev–Trinajstić information content (AvgIpc) is 3.10. The van der Waals surface area contributed by atoms with Gasteiger partial charge in [0.1, 0.15) is 0 Å². The molecule has 20 heavy (non-hydrogen) atoms.